The number of piperidine rings is 1. The minimum Gasteiger partial charge on any atom is -0.336 e. The molecule has 5 rings (SSSR count). The average Bonchev–Trinajstić information content (AvgIpc) is 3.06. The first-order valence-electron chi connectivity index (χ1n) is 9.16. The van der Waals surface area contributed by atoms with Crippen molar-refractivity contribution < 1.29 is 4.79 Å². The van der Waals surface area contributed by atoms with Crippen LogP contribution in [0.15, 0.2) is 23.0 Å². The predicted molar refractivity (Wildman–Crippen MR) is 96.2 cm³/mol. The monoisotopic (exact) mass is 355 g/mol. The molecule has 1 amide bonds. The highest BCUT2D eigenvalue weighted by Crippen LogP contribution is 2.36. The molecule has 5 nitrogen and oxygen atoms in total. The molecule has 1 fully saturated rings. The summed E-state index contributed by atoms with van der Waals surface area (Å²) in [5.74, 6) is 0.714. The summed E-state index contributed by atoms with van der Waals surface area (Å²) in [7, 11) is 0. The SMILES string of the molecule is O=C(c1nc2c(s1)CCCC2)N1C[C@H]2C[C@@H](C1)c1cccc(=O)n1C2. The third-order valence-corrected chi connectivity index (χ3v) is 6.94. The highest BCUT2D eigenvalue weighted by Gasteiger charge is 2.37. The van der Waals surface area contributed by atoms with Crippen molar-refractivity contribution >= 4 is 17.2 Å². The second kappa shape index (κ2) is 5.80. The molecule has 0 saturated carbocycles. The standard InChI is InChI=1S/C19H21N3O2S/c23-17-7-3-5-15-13-8-12(10-22(15)17)9-21(11-13)19(24)18-20-14-4-1-2-6-16(14)25-18/h3,5,7,12-13H,1-2,4,6,8-11H2/t12-,13+/m1/s1. The van der Waals surface area contributed by atoms with Crippen molar-refractivity contribution in [2.45, 2.75) is 44.6 Å². The van der Waals surface area contributed by atoms with Crippen LogP contribution in [-0.4, -0.2) is 33.4 Å². The van der Waals surface area contributed by atoms with Gasteiger partial charge in [0.05, 0.1) is 5.69 Å². The predicted octanol–water partition coefficient (Wildman–Crippen LogP) is 2.44. The molecule has 2 aromatic rings. The lowest BCUT2D eigenvalue weighted by molar-refractivity contribution is 0.0594. The van der Waals surface area contributed by atoms with Crippen LogP contribution in [0.25, 0.3) is 0 Å². The minimum atomic E-state index is 0.0829. The van der Waals surface area contributed by atoms with Gasteiger partial charge in [0, 0.05) is 42.2 Å². The van der Waals surface area contributed by atoms with Crippen LogP contribution in [-0.2, 0) is 19.4 Å². The summed E-state index contributed by atoms with van der Waals surface area (Å²) in [5.41, 5.74) is 2.31. The Bertz CT molecular complexity index is 877. The smallest absolute Gasteiger partial charge is 0.282 e. The maximum atomic E-state index is 13.0. The van der Waals surface area contributed by atoms with Gasteiger partial charge in [-0.2, -0.15) is 0 Å². The normalized spacial score (nSPS) is 24.6. The van der Waals surface area contributed by atoms with Crippen molar-refractivity contribution in [1.82, 2.24) is 14.5 Å². The van der Waals surface area contributed by atoms with Gasteiger partial charge < -0.3 is 9.47 Å². The molecule has 0 N–H and O–H groups in total. The summed E-state index contributed by atoms with van der Waals surface area (Å²) < 4.78 is 1.91. The van der Waals surface area contributed by atoms with E-state index in [0.717, 1.165) is 43.7 Å². The Morgan fingerprint density at radius 2 is 2.04 bits per heavy atom. The van der Waals surface area contributed by atoms with Crippen molar-refractivity contribution in [2.75, 3.05) is 13.1 Å². The molecule has 0 radical (unpaired) electrons. The Hall–Kier alpha value is -1.95. The van der Waals surface area contributed by atoms with E-state index in [0.29, 0.717) is 17.5 Å². The van der Waals surface area contributed by atoms with Gasteiger partial charge in [0.15, 0.2) is 5.01 Å². The number of carbonyl (C=O) groups excluding carboxylic acids is 1. The van der Waals surface area contributed by atoms with Crippen molar-refractivity contribution in [3.05, 3.63) is 49.8 Å². The quantitative estimate of drug-likeness (QED) is 0.789. The van der Waals surface area contributed by atoms with E-state index in [1.165, 1.54) is 17.7 Å². The van der Waals surface area contributed by atoms with Gasteiger partial charge in [-0.05, 0) is 44.1 Å². The van der Waals surface area contributed by atoms with Crippen molar-refractivity contribution in [1.29, 1.82) is 0 Å². The number of hydrogen-bond acceptors (Lipinski definition) is 4. The number of nitrogens with zero attached hydrogens (tertiary/aromatic N) is 3. The van der Waals surface area contributed by atoms with Gasteiger partial charge in [0.25, 0.3) is 11.5 Å². The molecule has 130 valence electrons. The zero-order valence-corrected chi connectivity index (χ0v) is 14.9. The number of hydrogen-bond donors (Lipinski definition) is 0. The van der Waals surface area contributed by atoms with E-state index in [2.05, 4.69) is 4.98 Å². The summed E-state index contributed by atoms with van der Waals surface area (Å²) in [6.45, 7) is 2.16. The summed E-state index contributed by atoms with van der Waals surface area (Å²) in [6.07, 6.45) is 5.55. The summed E-state index contributed by atoms with van der Waals surface area (Å²) in [4.78, 5) is 33.1. The molecular formula is C19H21N3O2S. The number of fused-ring (bicyclic) bond motifs is 5. The number of thiazole rings is 1. The number of rotatable bonds is 1. The Balaban J connectivity index is 1.42. The van der Waals surface area contributed by atoms with Crippen LogP contribution < -0.4 is 5.56 Å². The summed E-state index contributed by atoms with van der Waals surface area (Å²) >= 11 is 1.60. The lowest BCUT2D eigenvalue weighted by atomic mass is 9.83. The molecular weight excluding hydrogens is 334 g/mol. The first-order valence-corrected chi connectivity index (χ1v) is 9.98. The largest absolute Gasteiger partial charge is 0.336 e. The number of pyridine rings is 1. The number of carbonyl (C=O) groups is 1. The molecule has 3 aliphatic rings. The molecule has 25 heavy (non-hydrogen) atoms. The van der Waals surface area contributed by atoms with Gasteiger partial charge >= 0.3 is 0 Å². The van der Waals surface area contributed by atoms with Gasteiger partial charge in [-0.1, -0.05) is 6.07 Å². The molecule has 2 bridgehead atoms. The van der Waals surface area contributed by atoms with Gasteiger partial charge in [0.1, 0.15) is 0 Å². The first kappa shape index (κ1) is 15.3. The van der Waals surface area contributed by atoms with Gasteiger partial charge in [-0.3, -0.25) is 9.59 Å². The number of likely N-dealkylation sites (tertiary alicyclic amines) is 1. The molecule has 0 aromatic carbocycles. The Morgan fingerprint density at radius 3 is 2.92 bits per heavy atom. The average molecular weight is 355 g/mol. The molecule has 2 atom stereocenters. The van der Waals surface area contributed by atoms with E-state index in [9.17, 15) is 9.59 Å². The summed E-state index contributed by atoms with van der Waals surface area (Å²) in [6, 6.07) is 5.51. The van der Waals surface area contributed by atoms with Crippen LogP contribution in [0.3, 0.4) is 0 Å². The van der Waals surface area contributed by atoms with E-state index >= 15 is 0 Å². The van der Waals surface area contributed by atoms with E-state index in [1.807, 2.05) is 21.6 Å². The fraction of sp³-hybridized carbons (Fsp3) is 0.526. The van der Waals surface area contributed by atoms with Crippen LogP contribution in [0.5, 0.6) is 0 Å². The Labute approximate surface area is 150 Å². The molecule has 1 saturated heterocycles. The maximum absolute atomic E-state index is 13.0. The molecule has 4 heterocycles. The lowest BCUT2D eigenvalue weighted by Crippen LogP contribution is -2.49. The zero-order valence-electron chi connectivity index (χ0n) is 14.1. The van der Waals surface area contributed by atoms with Crippen LogP contribution in [0, 0.1) is 5.92 Å². The molecule has 6 heteroatoms. The third kappa shape index (κ3) is 2.54. The molecule has 2 aliphatic heterocycles. The van der Waals surface area contributed by atoms with E-state index in [1.54, 1.807) is 17.4 Å². The zero-order chi connectivity index (χ0) is 17.0. The lowest BCUT2D eigenvalue weighted by Gasteiger charge is -2.42. The maximum Gasteiger partial charge on any atom is 0.282 e. The molecule has 0 unspecified atom stereocenters. The molecule has 2 aromatic heterocycles. The van der Waals surface area contributed by atoms with Gasteiger partial charge in [-0.15, -0.1) is 11.3 Å². The van der Waals surface area contributed by atoms with Crippen LogP contribution in [0.2, 0.25) is 0 Å². The highest BCUT2D eigenvalue weighted by molar-refractivity contribution is 7.13. The number of amides is 1. The topological polar surface area (TPSA) is 55.2 Å². The fourth-order valence-corrected chi connectivity index (χ4v) is 5.76. The van der Waals surface area contributed by atoms with Crippen molar-refractivity contribution in [3.8, 4) is 0 Å². The number of aromatic nitrogens is 2. The second-order valence-corrected chi connectivity index (χ2v) is 8.59. The van der Waals surface area contributed by atoms with Crippen molar-refractivity contribution in [2.24, 2.45) is 5.92 Å². The first-order chi connectivity index (χ1) is 12.2. The van der Waals surface area contributed by atoms with Gasteiger partial charge in [0.2, 0.25) is 0 Å². The van der Waals surface area contributed by atoms with Crippen molar-refractivity contribution in [3.63, 3.8) is 0 Å². The Kier molecular flexibility index (Phi) is 3.55. The highest BCUT2D eigenvalue weighted by atomic mass is 32.1. The number of aryl methyl sites for hydroxylation is 2. The van der Waals surface area contributed by atoms with Gasteiger partial charge in [-0.25, -0.2) is 4.98 Å². The second-order valence-electron chi connectivity index (χ2n) is 7.50. The summed E-state index contributed by atoms with van der Waals surface area (Å²) in [5, 5.41) is 0.664. The van der Waals surface area contributed by atoms with Crippen LogP contribution in [0.4, 0.5) is 0 Å². The third-order valence-electron chi connectivity index (χ3n) is 5.80. The Morgan fingerprint density at radius 1 is 1.16 bits per heavy atom. The van der Waals surface area contributed by atoms with E-state index < -0.39 is 0 Å². The fourth-order valence-electron chi connectivity index (χ4n) is 4.64. The van der Waals surface area contributed by atoms with E-state index in [4.69, 9.17) is 0 Å². The molecule has 1 aliphatic carbocycles. The molecule has 0 spiro atoms. The minimum absolute atomic E-state index is 0.0829. The van der Waals surface area contributed by atoms with Crippen LogP contribution in [0.1, 0.15) is 51.2 Å². The van der Waals surface area contributed by atoms with E-state index in [-0.39, 0.29) is 17.4 Å². The van der Waals surface area contributed by atoms with Crippen LogP contribution >= 0.6 is 11.3 Å².